The van der Waals surface area contributed by atoms with Crippen LogP contribution in [0.25, 0.3) is 0 Å². The number of rotatable bonds is 3. The maximum atomic E-state index is 12.9. The first-order valence-electron chi connectivity index (χ1n) is 4.84. The lowest BCUT2D eigenvalue weighted by Gasteiger charge is -2.04. The number of anilines is 1. The van der Waals surface area contributed by atoms with Gasteiger partial charge in [0.15, 0.2) is 0 Å². The Bertz CT molecular complexity index is 641. The van der Waals surface area contributed by atoms with Crippen LogP contribution in [-0.2, 0) is 13.1 Å². The van der Waals surface area contributed by atoms with Crippen LogP contribution >= 0.6 is 0 Å². The normalized spacial score (nSPS) is 10.6. The van der Waals surface area contributed by atoms with E-state index in [2.05, 4.69) is 5.10 Å². The molecule has 0 amide bonds. The van der Waals surface area contributed by atoms with Gasteiger partial charge < -0.3 is 5.73 Å². The van der Waals surface area contributed by atoms with Crippen LogP contribution in [0.2, 0.25) is 0 Å². The number of aromatic amines is 1. The fourth-order valence-corrected chi connectivity index (χ4v) is 1.36. The van der Waals surface area contributed by atoms with E-state index in [9.17, 15) is 14.0 Å². The van der Waals surface area contributed by atoms with Gasteiger partial charge in [-0.1, -0.05) is 0 Å². The molecular weight excluding hydrogens is 229 g/mol. The van der Waals surface area contributed by atoms with Crippen LogP contribution in [0.3, 0.4) is 0 Å². The number of aromatic nitrogens is 4. The summed E-state index contributed by atoms with van der Waals surface area (Å²) in [6.45, 7) is 0.538. The number of aryl methyl sites for hydroxylation is 2. The van der Waals surface area contributed by atoms with Crippen LogP contribution < -0.4 is 17.0 Å². The molecule has 2 rings (SSSR count). The molecule has 0 aromatic carbocycles. The van der Waals surface area contributed by atoms with Gasteiger partial charge in [-0.2, -0.15) is 9.49 Å². The second-order valence-electron chi connectivity index (χ2n) is 3.43. The molecule has 2 heterocycles. The summed E-state index contributed by atoms with van der Waals surface area (Å²) in [6.07, 6.45) is 2.51. The van der Waals surface area contributed by atoms with Gasteiger partial charge in [-0.15, -0.1) is 0 Å². The molecular formula is C9H10FN5O2. The number of nitrogens with two attached hydrogens (primary N) is 1. The molecule has 2 aromatic heterocycles. The van der Waals surface area contributed by atoms with E-state index in [1.165, 1.54) is 4.68 Å². The molecule has 0 aliphatic carbocycles. The predicted octanol–water partition coefficient (Wildman–Crippen LogP) is -0.845. The van der Waals surface area contributed by atoms with Gasteiger partial charge in [-0.25, -0.2) is 4.79 Å². The number of halogens is 1. The number of hydrogen-bond acceptors (Lipinski definition) is 4. The Morgan fingerprint density at radius 3 is 2.82 bits per heavy atom. The monoisotopic (exact) mass is 239 g/mol. The van der Waals surface area contributed by atoms with Gasteiger partial charge in [0.2, 0.25) is 5.82 Å². The first-order valence-corrected chi connectivity index (χ1v) is 4.84. The van der Waals surface area contributed by atoms with Gasteiger partial charge in [0, 0.05) is 12.7 Å². The molecule has 8 heteroatoms. The summed E-state index contributed by atoms with van der Waals surface area (Å²) in [5.41, 5.74) is 3.74. The molecule has 0 fully saturated rings. The Kier molecular flexibility index (Phi) is 2.77. The first-order chi connectivity index (χ1) is 8.06. The van der Waals surface area contributed by atoms with Crippen LogP contribution in [-0.4, -0.2) is 19.3 Å². The minimum atomic E-state index is -1.02. The third kappa shape index (κ3) is 2.41. The second-order valence-corrected chi connectivity index (χ2v) is 3.43. The number of nitrogen functional groups attached to an aromatic ring is 1. The summed E-state index contributed by atoms with van der Waals surface area (Å²) in [4.78, 5) is 24.0. The molecule has 17 heavy (non-hydrogen) atoms. The SMILES string of the molecule is Nc1ccn(CCn2cc(F)c(=O)[nH]c2=O)n1. The van der Waals surface area contributed by atoms with Gasteiger partial charge in [0.1, 0.15) is 5.82 Å². The molecule has 0 radical (unpaired) electrons. The minimum Gasteiger partial charge on any atom is -0.382 e. The molecule has 0 aliphatic rings. The summed E-state index contributed by atoms with van der Waals surface area (Å²) in [6, 6.07) is 1.61. The van der Waals surface area contributed by atoms with Crippen LogP contribution in [0.15, 0.2) is 28.0 Å². The molecule has 0 bridgehead atoms. The summed E-state index contributed by atoms with van der Waals surface area (Å²) >= 11 is 0. The third-order valence-corrected chi connectivity index (χ3v) is 2.20. The third-order valence-electron chi connectivity index (χ3n) is 2.20. The molecule has 90 valence electrons. The second kappa shape index (κ2) is 4.24. The fourth-order valence-electron chi connectivity index (χ4n) is 1.36. The van der Waals surface area contributed by atoms with Crippen LogP contribution in [0, 0.1) is 5.82 Å². The van der Waals surface area contributed by atoms with Crippen molar-refractivity contribution in [1.29, 1.82) is 0 Å². The molecule has 0 atom stereocenters. The Balaban J connectivity index is 2.17. The van der Waals surface area contributed by atoms with Gasteiger partial charge in [-0.05, 0) is 6.07 Å². The van der Waals surface area contributed by atoms with Crippen molar-refractivity contribution < 1.29 is 4.39 Å². The van der Waals surface area contributed by atoms with E-state index >= 15 is 0 Å². The highest BCUT2D eigenvalue weighted by atomic mass is 19.1. The number of H-pyrrole nitrogens is 1. The minimum absolute atomic E-state index is 0.188. The molecule has 0 spiro atoms. The van der Waals surface area contributed by atoms with Gasteiger partial charge in [0.05, 0.1) is 12.7 Å². The van der Waals surface area contributed by atoms with E-state index in [1.807, 2.05) is 4.98 Å². The van der Waals surface area contributed by atoms with Gasteiger partial charge in [-0.3, -0.25) is 19.0 Å². The highest BCUT2D eigenvalue weighted by Crippen LogP contribution is 1.96. The maximum Gasteiger partial charge on any atom is 0.328 e. The Morgan fingerprint density at radius 1 is 1.41 bits per heavy atom. The average Bonchev–Trinajstić information content (AvgIpc) is 2.68. The summed E-state index contributed by atoms with van der Waals surface area (Å²) in [7, 11) is 0. The number of nitrogens with one attached hydrogen (secondary N) is 1. The smallest absolute Gasteiger partial charge is 0.328 e. The first kappa shape index (κ1) is 11.1. The molecule has 0 aliphatic heterocycles. The van der Waals surface area contributed by atoms with Crippen molar-refractivity contribution >= 4 is 5.82 Å². The lowest BCUT2D eigenvalue weighted by Crippen LogP contribution is -2.32. The van der Waals surface area contributed by atoms with Gasteiger partial charge >= 0.3 is 5.69 Å². The zero-order chi connectivity index (χ0) is 12.4. The van der Waals surface area contributed by atoms with Gasteiger partial charge in [0.25, 0.3) is 5.56 Å². The molecule has 7 nitrogen and oxygen atoms in total. The maximum absolute atomic E-state index is 12.9. The zero-order valence-electron chi connectivity index (χ0n) is 8.76. The van der Waals surface area contributed by atoms with E-state index in [4.69, 9.17) is 5.73 Å². The van der Waals surface area contributed by atoms with Crippen molar-refractivity contribution in [3.8, 4) is 0 Å². The van der Waals surface area contributed by atoms with Crippen molar-refractivity contribution in [1.82, 2.24) is 19.3 Å². The quantitative estimate of drug-likeness (QED) is 0.729. The fraction of sp³-hybridized carbons (Fsp3) is 0.222. The van der Waals surface area contributed by atoms with Crippen LogP contribution in [0.5, 0.6) is 0 Å². The van der Waals surface area contributed by atoms with E-state index in [-0.39, 0.29) is 6.54 Å². The summed E-state index contributed by atoms with van der Waals surface area (Å²) in [5.74, 6) is -0.630. The molecule has 0 saturated heterocycles. The highest BCUT2D eigenvalue weighted by molar-refractivity contribution is 5.23. The van der Waals surface area contributed by atoms with Crippen LogP contribution in [0.1, 0.15) is 0 Å². The van der Waals surface area contributed by atoms with Crippen molar-refractivity contribution in [2.75, 3.05) is 5.73 Å². The summed E-state index contributed by atoms with van der Waals surface area (Å²) < 4.78 is 15.5. The topological polar surface area (TPSA) is 98.7 Å². The average molecular weight is 239 g/mol. The Morgan fingerprint density at radius 2 is 2.18 bits per heavy atom. The predicted molar refractivity (Wildman–Crippen MR) is 57.9 cm³/mol. The molecule has 0 unspecified atom stereocenters. The number of nitrogens with zero attached hydrogens (tertiary/aromatic N) is 3. The summed E-state index contributed by atoms with van der Waals surface area (Å²) in [5, 5.41) is 3.91. The standard InChI is InChI=1S/C9H10FN5O2/c10-6-5-14(9(17)12-8(6)16)3-4-15-2-1-7(11)13-15/h1-2,5H,3-4H2,(H2,11,13)(H,12,16,17). The highest BCUT2D eigenvalue weighted by Gasteiger charge is 2.03. The van der Waals surface area contributed by atoms with Crippen LogP contribution in [0.4, 0.5) is 10.2 Å². The van der Waals surface area contributed by atoms with E-state index < -0.39 is 17.1 Å². The molecule has 0 saturated carbocycles. The van der Waals surface area contributed by atoms with E-state index in [0.717, 1.165) is 10.8 Å². The molecule has 2 aromatic rings. The van der Waals surface area contributed by atoms with Crippen molar-refractivity contribution in [2.24, 2.45) is 0 Å². The van der Waals surface area contributed by atoms with E-state index in [1.54, 1.807) is 12.3 Å². The lowest BCUT2D eigenvalue weighted by molar-refractivity contribution is 0.494. The zero-order valence-corrected chi connectivity index (χ0v) is 8.76. The van der Waals surface area contributed by atoms with Crippen molar-refractivity contribution in [2.45, 2.75) is 13.1 Å². The van der Waals surface area contributed by atoms with E-state index in [0.29, 0.717) is 12.4 Å². The molecule has 3 N–H and O–H groups in total. The van der Waals surface area contributed by atoms with Crippen molar-refractivity contribution in [3.63, 3.8) is 0 Å². The van der Waals surface area contributed by atoms with Crippen molar-refractivity contribution in [3.05, 3.63) is 45.1 Å². The lowest BCUT2D eigenvalue weighted by atomic mass is 10.5. The Labute approximate surface area is 94.3 Å². The number of hydrogen-bond donors (Lipinski definition) is 2. The Hall–Kier alpha value is -2.38. The largest absolute Gasteiger partial charge is 0.382 e.